The predicted molar refractivity (Wildman–Crippen MR) is 119 cm³/mol. The summed E-state index contributed by atoms with van der Waals surface area (Å²) < 4.78 is 5.85. The van der Waals surface area contributed by atoms with E-state index in [9.17, 15) is 4.79 Å². The third-order valence-electron chi connectivity index (χ3n) is 4.90. The molecule has 0 unspecified atom stereocenters. The van der Waals surface area contributed by atoms with Crippen LogP contribution < -0.4 is 5.32 Å². The average Bonchev–Trinajstić information content (AvgIpc) is 3.23. The van der Waals surface area contributed by atoms with Crippen molar-refractivity contribution in [3.8, 4) is 11.3 Å². The fourth-order valence-corrected chi connectivity index (χ4v) is 4.23. The van der Waals surface area contributed by atoms with E-state index in [1.807, 2.05) is 66.1 Å². The SMILES string of the molecule is Cc1ccc(C(=O)N2CCSCC2)cc1NCc1ncc(-c2ccc(Cl)cc2)o1. The molecule has 1 amide bonds. The molecule has 1 N–H and O–H groups in total. The molecular formula is C22H22ClN3O2S. The van der Waals surface area contributed by atoms with Crippen LogP contribution in [-0.4, -0.2) is 40.4 Å². The number of aryl methyl sites for hydroxylation is 1. The third kappa shape index (κ3) is 4.77. The zero-order chi connectivity index (χ0) is 20.2. The van der Waals surface area contributed by atoms with Gasteiger partial charge in [-0.3, -0.25) is 4.79 Å². The Labute approximate surface area is 179 Å². The third-order valence-corrected chi connectivity index (χ3v) is 6.09. The molecule has 0 radical (unpaired) electrons. The molecular weight excluding hydrogens is 406 g/mol. The van der Waals surface area contributed by atoms with Crippen molar-refractivity contribution in [3.05, 3.63) is 70.7 Å². The molecule has 150 valence electrons. The molecule has 0 aliphatic carbocycles. The van der Waals surface area contributed by atoms with Crippen LogP contribution in [0.5, 0.6) is 0 Å². The summed E-state index contributed by atoms with van der Waals surface area (Å²) in [7, 11) is 0. The van der Waals surface area contributed by atoms with Crippen LogP contribution in [0.1, 0.15) is 21.8 Å². The van der Waals surface area contributed by atoms with Crippen LogP contribution >= 0.6 is 23.4 Å². The summed E-state index contributed by atoms with van der Waals surface area (Å²) in [6.07, 6.45) is 1.71. The molecule has 1 saturated heterocycles. The predicted octanol–water partition coefficient (Wildman–Crippen LogP) is 5.10. The molecule has 0 bridgehead atoms. The minimum atomic E-state index is 0.0921. The van der Waals surface area contributed by atoms with Crippen LogP contribution in [0.15, 0.2) is 53.1 Å². The number of nitrogens with zero attached hydrogens (tertiary/aromatic N) is 2. The van der Waals surface area contributed by atoms with Crippen molar-refractivity contribution in [3.63, 3.8) is 0 Å². The van der Waals surface area contributed by atoms with E-state index in [1.165, 1.54) is 0 Å². The minimum absolute atomic E-state index is 0.0921. The van der Waals surface area contributed by atoms with Crippen molar-refractivity contribution in [2.75, 3.05) is 29.9 Å². The maximum atomic E-state index is 12.8. The number of carbonyl (C=O) groups is 1. The molecule has 0 saturated carbocycles. The summed E-state index contributed by atoms with van der Waals surface area (Å²) >= 11 is 7.83. The number of nitrogens with one attached hydrogen (secondary N) is 1. The van der Waals surface area contributed by atoms with Crippen LogP contribution in [0.2, 0.25) is 5.02 Å². The first-order valence-corrected chi connectivity index (χ1v) is 11.1. The molecule has 4 rings (SSSR count). The maximum Gasteiger partial charge on any atom is 0.253 e. The van der Waals surface area contributed by atoms with Crippen molar-refractivity contribution in [2.24, 2.45) is 0 Å². The van der Waals surface area contributed by atoms with Gasteiger partial charge in [-0.1, -0.05) is 17.7 Å². The van der Waals surface area contributed by atoms with Gasteiger partial charge >= 0.3 is 0 Å². The van der Waals surface area contributed by atoms with Gasteiger partial charge in [-0.15, -0.1) is 0 Å². The number of halogens is 1. The second-order valence-corrected chi connectivity index (χ2v) is 8.57. The topological polar surface area (TPSA) is 58.4 Å². The van der Waals surface area contributed by atoms with E-state index in [-0.39, 0.29) is 5.91 Å². The second-order valence-electron chi connectivity index (χ2n) is 6.91. The number of benzene rings is 2. The zero-order valence-corrected chi connectivity index (χ0v) is 17.7. The molecule has 1 aliphatic rings. The fourth-order valence-electron chi connectivity index (χ4n) is 3.20. The van der Waals surface area contributed by atoms with Gasteiger partial charge in [-0.05, 0) is 48.9 Å². The van der Waals surface area contributed by atoms with Gasteiger partial charge in [-0.25, -0.2) is 4.98 Å². The maximum absolute atomic E-state index is 12.8. The zero-order valence-electron chi connectivity index (χ0n) is 16.2. The standard InChI is InChI=1S/C22H22ClN3O2S/c1-15-2-3-17(22(27)26-8-10-29-11-9-26)12-19(15)24-14-21-25-13-20(28-21)16-4-6-18(23)7-5-16/h2-7,12-13,24H,8-11,14H2,1H3. The van der Waals surface area contributed by atoms with E-state index < -0.39 is 0 Å². The molecule has 1 fully saturated rings. The lowest BCUT2D eigenvalue weighted by Gasteiger charge is -2.26. The summed E-state index contributed by atoms with van der Waals surface area (Å²) in [5, 5.41) is 4.03. The van der Waals surface area contributed by atoms with Gasteiger partial charge in [0, 0.05) is 46.4 Å². The Morgan fingerprint density at radius 2 is 1.97 bits per heavy atom. The van der Waals surface area contributed by atoms with Crippen molar-refractivity contribution in [2.45, 2.75) is 13.5 Å². The summed E-state index contributed by atoms with van der Waals surface area (Å²) in [6, 6.07) is 13.2. The molecule has 5 nitrogen and oxygen atoms in total. The first kappa shape index (κ1) is 19.9. The molecule has 1 aromatic heterocycles. The molecule has 3 aromatic rings. The van der Waals surface area contributed by atoms with Crippen LogP contribution in [0.25, 0.3) is 11.3 Å². The highest BCUT2D eigenvalue weighted by Crippen LogP contribution is 2.24. The van der Waals surface area contributed by atoms with E-state index in [0.29, 0.717) is 28.8 Å². The summed E-state index contributed by atoms with van der Waals surface area (Å²) in [4.78, 5) is 19.0. The highest BCUT2D eigenvalue weighted by molar-refractivity contribution is 7.99. The van der Waals surface area contributed by atoms with Gasteiger partial charge in [0.15, 0.2) is 5.76 Å². The van der Waals surface area contributed by atoms with Crippen LogP contribution in [0, 0.1) is 6.92 Å². The van der Waals surface area contributed by atoms with Gasteiger partial charge in [0.25, 0.3) is 5.91 Å². The Hall–Kier alpha value is -2.44. The number of aromatic nitrogens is 1. The average molecular weight is 428 g/mol. The number of carbonyl (C=O) groups excluding carboxylic acids is 1. The quantitative estimate of drug-likeness (QED) is 0.613. The van der Waals surface area contributed by atoms with Crippen LogP contribution in [0.3, 0.4) is 0 Å². The highest BCUT2D eigenvalue weighted by atomic mass is 35.5. The Balaban J connectivity index is 1.44. The molecule has 1 aliphatic heterocycles. The number of hydrogen-bond donors (Lipinski definition) is 1. The minimum Gasteiger partial charge on any atom is -0.439 e. The number of rotatable bonds is 5. The Morgan fingerprint density at radius 1 is 1.21 bits per heavy atom. The van der Waals surface area contributed by atoms with Crippen molar-refractivity contribution in [1.29, 1.82) is 0 Å². The number of oxazole rings is 1. The van der Waals surface area contributed by atoms with E-state index in [2.05, 4.69) is 10.3 Å². The second kappa shape index (κ2) is 8.93. The van der Waals surface area contributed by atoms with Crippen molar-refractivity contribution >= 4 is 35.0 Å². The highest BCUT2D eigenvalue weighted by Gasteiger charge is 2.19. The number of amides is 1. The lowest BCUT2D eigenvalue weighted by atomic mass is 10.1. The van der Waals surface area contributed by atoms with E-state index >= 15 is 0 Å². The molecule has 0 spiro atoms. The normalized spacial score (nSPS) is 14.1. The van der Waals surface area contributed by atoms with E-state index in [4.69, 9.17) is 16.0 Å². The van der Waals surface area contributed by atoms with E-state index in [1.54, 1.807) is 6.20 Å². The number of anilines is 1. The van der Waals surface area contributed by atoms with Crippen molar-refractivity contribution in [1.82, 2.24) is 9.88 Å². The van der Waals surface area contributed by atoms with Gasteiger partial charge in [0.2, 0.25) is 5.89 Å². The fraction of sp³-hybridized carbons (Fsp3) is 0.273. The molecule has 2 heterocycles. The first-order chi connectivity index (χ1) is 14.1. The molecule has 2 aromatic carbocycles. The Morgan fingerprint density at radius 3 is 2.72 bits per heavy atom. The van der Waals surface area contributed by atoms with Gasteiger partial charge < -0.3 is 14.6 Å². The summed E-state index contributed by atoms with van der Waals surface area (Å²) in [5.74, 6) is 3.38. The van der Waals surface area contributed by atoms with Gasteiger partial charge in [0.1, 0.15) is 0 Å². The Bertz CT molecular complexity index is 998. The van der Waals surface area contributed by atoms with Gasteiger partial charge in [-0.2, -0.15) is 11.8 Å². The van der Waals surface area contributed by atoms with Gasteiger partial charge in [0.05, 0.1) is 12.7 Å². The first-order valence-electron chi connectivity index (χ1n) is 9.52. The number of thioether (sulfide) groups is 1. The summed E-state index contributed by atoms with van der Waals surface area (Å²) in [5.41, 5.74) is 3.62. The lowest BCUT2D eigenvalue weighted by molar-refractivity contribution is 0.0772. The Kier molecular flexibility index (Phi) is 6.11. The van der Waals surface area contributed by atoms with Crippen LogP contribution in [0.4, 0.5) is 5.69 Å². The monoisotopic (exact) mass is 427 g/mol. The van der Waals surface area contributed by atoms with Crippen molar-refractivity contribution < 1.29 is 9.21 Å². The number of hydrogen-bond acceptors (Lipinski definition) is 5. The molecule has 7 heteroatoms. The van der Waals surface area contributed by atoms with Crippen LogP contribution in [-0.2, 0) is 6.54 Å². The molecule has 29 heavy (non-hydrogen) atoms. The summed E-state index contributed by atoms with van der Waals surface area (Å²) in [6.45, 7) is 4.07. The molecule has 0 atom stereocenters. The largest absolute Gasteiger partial charge is 0.439 e. The smallest absolute Gasteiger partial charge is 0.253 e. The lowest BCUT2D eigenvalue weighted by Crippen LogP contribution is -2.37. The van der Waals surface area contributed by atoms with E-state index in [0.717, 1.165) is 41.4 Å².